The Morgan fingerprint density at radius 3 is 2.88 bits per heavy atom. The molecule has 2 aromatic heterocycles. The first-order valence-corrected chi connectivity index (χ1v) is 12.6. The van der Waals surface area contributed by atoms with E-state index in [2.05, 4.69) is 28.3 Å². The zero-order valence-corrected chi connectivity index (χ0v) is 20.0. The number of aromatic nitrogens is 2. The minimum atomic E-state index is 0.117. The first-order valence-electron chi connectivity index (χ1n) is 12.2. The molecule has 0 bridgehead atoms. The molecule has 3 aromatic rings. The van der Waals surface area contributed by atoms with Crippen molar-refractivity contribution in [2.75, 3.05) is 37.6 Å². The zero-order valence-electron chi connectivity index (χ0n) is 19.2. The van der Waals surface area contributed by atoms with Gasteiger partial charge in [-0.25, -0.2) is 9.78 Å². The van der Waals surface area contributed by atoms with Crippen LogP contribution >= 0.6 is 11.6 Å². The second kappa shape index (κ2) is 9.74. The topological polar surface area (TPSA) is 64.3 Å². The number of anilines is 1. The van der Waals surface area contributed by atoms with Gasteiger partial charge < -0.3 is 15.2 Å². The molecular weight excluding hydrogens is 434 g/mol. The minimum Gasteiger partial charge on any atom is -0.346 e. The molecule has 0 spiro atoms. The Balaban J connectivity index is 1.37. The van der Waals surface area contributed by atoms with Crippen molar-refractivity contribution in [3.05, 3.63) is 47.2 Å². The maximum atomic E-state index is 13.3. The quantitative estimate of drug-likeness (QED) is 0.507. The third kappa shape index (κ3) is 4.46. The molecule has 2 aliphatic heterocycles. The van der Waals surface area contributed by atoms with Gasteiger partial charge >= 0.3 is 6.03 Å². The van der Waals surface area contributed by atoms with E-state index in [9.17, 15) is 4.79 Å². The van der Waals surface area contributed by atoms with E-state index < -0.39 is 0 Å². The van der Waals surface area contributed by atoms with E-state index in [1.807, 2.05) is 40.4 Å². The Labute approximate surface area is 200 Å². The van der Waals surface area contributed by atoms with E-state index in [4.69, 9.17) is 11.6 Å². The molecule has 2 aliphatic rings. The smallest absolute Gasteiger partial charge is 0.324 e. The van der Waals surface area contributed by atoms with Crippen LogP contribution in [0.4, 0.5) is 10.5 Å². The highest BCUT2D eigenvalue weighted by atomic mass is 35.5. The monoisotopic (exact) mass is 465 g/mol. The van der Waals surface area contributed by atoms with Gasteiger partial charge in [0, 0.05) is 48.7 Å². The Bertz CT molecular complexity index is 1140. The van der Waals surface area contributed by atoms with Crippen LogP contribution in [0.25, 0.3) is 22.2 Å². The molecule has 5 rings (SSSR count). The van der Waals surface area contributed by atoms with E-state index >= 15 is 0 Å². The third-order valence-corrected chi connectivity index (χ3v) is 7.54. The fraction of sp³-hybridized carbons (Fsp3) is 0.462. The molecule has 1 aromatic carbocycles. The van der Waals surface area contributed by atoms with Crippen molar-refractivity contribution in [3.63, 3.8) is 0 Å². The first-order chi connectivity index (χ1) is 16.2. The number of halogens is 1. The average molecular weight is 466 g/mol. The molecule has 2 amide bonds. The molecule has 33 heavy (non-hydrogen) atoms. The molecular formula is C26H32ClN5O. The lowest BCUT2D eigenvalue weighted by atomic mass is 9.94. The highest BCUT2D eigenvalue weighted by Gasteiger charge is 2.28. The predicted molar refractivity (Wildman–Crippen MR) is 135 cm³/mol. The number of carbonyl (C=O) groups is 1. The van der Waals surface area contributed by atoms with Gasteiger partial charge in [0.25, 0.3) is 0 Å². The zero-order chi connectivity index (χ0) is 22.8. The number of rotatable bonds is 6. The van der Waals surface area contributed by atoms with Crippen molar-refractivity contribution in [2.45, 2.75) is 39.0 Å². The largest absolute Gasteiger partial charge is 0.346 e. The number of aryl methyl sites for hydroxylation is 1. The van der Waals surface area contributed by atoms with Gasteiger partial charge in [0.15, 0.2) is 0 Å². The number of nitrogens with one attached hydrogen (secondary N) is 2. The van der Waals surface area contributed by atoms with Gasteiger partial charge in [-0.05, 0) is 74.4 Å². The Morgan fingerprint density at radius 1 is 1.21 bits per heavy atom. The number of benzene rings is 1. The SMILES string of the molecule is CCc1c[nH]c2ncc(-c3cccc(N4CCCN(CCC5CCNCC5)C4=O)c3)c(Cl)c12. The lowest BCUT2D eigenvalue weighted by molar-refractivity contribution is 0.188. The van der Waals surface area contributed by atoms with Crippen molar-refractivity contribution in [1.29, 1.82) is 0 Å². The number of pyridine rings is 1. The fourth-order valence-corrected chi connectivity index (χ4v) is 5.55. The van der Waals surface area contributed by atoms with Crippen LogP contribution < -0.4 is 10.2 Å². The number of aromatic amines is 1. The third-order valence-electron chi connectivity index (χ3n) is 7.15. The van der Waals surface area contributed by atoms with Crippen LogP contribution in [-0.4, -0.2) is 53.6 Å². The Kier molecular flexibility index (Phi) is 6.56. The maximum Gasteiger partial charge on any atom is 0.324 e. The number of nitrogens with zero attached hydrogens (tertiary/aromatic N) is 3. The molecule has 4 heterocycles. The lowest BCUT2D eigenvalue weighted by Crippen LogP contribution is -2.50. The van der Waals surface area contributed by atoms with Gasteiger partial charge in [0.1, 0.15) is 5.65 Å². The summed E-state index contributed by atoms with van der Waals surface area (Å²) in [5, 5.41) is 5.12. The van der Waals surface area contributed by atoms with Crippen molar-refractivity contribution >= 4 is 34.4 Å². The maximum absolute atomic E-state index is 13.3. The summed E-state index contributed by atoms with van der Waals surface area (Å²) in [6, 6.07) is 8.25. The van der Waals surface area contributed by atoms with Crippen molar-refractivity contribution < 1.29 is 4.79 Å². The number of H-pyrrole nitrogens is 1. The van der Waals surface area contributed by atoms with Crippen molar-refractivity contribution in [1.82, 2.24) is 20.2 Å². The summed E-state index contributed by atoms with van der Waals surface area (Å²) in [5.41, 5.74) is 4.77. The second-order valence-electron chi connectivity index (χ2n) is 9.18. The Hall–Kier alpha value is -2.57. The molecule has 0 atom stereocenters. The summed E-state index contributed by atoms with van der Waals surface area (Å²) in [6.07, 6.45) is 9.21. The molecule has 2 saturated heterocycles. The van der Waals surface area contributed by atoms with Crippen molar-refractivity contribution in [2.24, 2.45) is 5.92 Å². The first kappa shape index (κ1) is 22.2. The number of hydrogen-bond donors (Lipinski definition) is 2. The molecule has 0 aliphatic carbocycles. The number of carbonyl (C=O) groups excluding carboxylic acids is 1. The average Bonchev–Trinajstić information content (AvgIpc) is 3.28. The minimum absolute atomic E-state index is 0.117. The molecule has 0 radical (unpaired) electrons. The van der Waals surface area contributed by atoms with Crippen molar-refractivity contribution in [3.8, 4) is 11.1 Å². The van der Waals surface area contributed by atoms with Crippen LogP contribution in [0.2, 0.25) is 5.02 Å². The Morgan fingerprint density at radius 2 is 2.06 bits per heavy atom. The molecule has 7 heteroatoms. The second-order valence-corrected chi connectivity index (χ2v) is 9.56. The number of hydrogen-bond acceptors (Lipinski definition) is 3. The van der Waals surface area contributed by atoms with E-state index in [0.717, 1.165) is 91.3 Å². The summed E-state index contributed by atoms with van der Waals surface area (Å²) in [5.74, 6) is 0.726. The van der Waals surface area contributed by atoms with Gasteiger partial charge in [-0.3, -0.25) is 4.90 Å². The summed E-state index contributed by atoms with van der Waals surface area (Å²) in [6.45, 7) is 6.76. The van der Waals surface area contributed by atoms with Gasteiger partial charge in [-0.1, -0.05) is 30.7 Å². The van der Waals surface area contributed by atoms with Crippen LogP contribution in [-0.2, 0) is 6.42 Å². The molecule has 174 valence electrons. The van der Waals surface area contributed by atoms with E-state index in [1.165, 1.54) is 12.8 Å². The van der Waals surface area contributed by atoms with Crippen LogP contribution in [0.15, 0.2) is 36.7 Å². The summed E-state index contributed by atoms with van der Waals surface area (Å²) in [4.78, 5) is 25.1. The summed E-state index contributed by atoms with van der Waals surface area (Å²) < 4.78 is 0. The normalized spacial score (nSPS) is 17.8. The predicted octanol–water partition coefficient (Wildman–Crippen LogP) is 5.47. The van der Waals surface area contributed by atoms with Gasteiger partial charge in [0.05, 0.1) is 5.02 Å². The number of fused-ring (bicyclic) bond motifs is 1. The van der Waals surface area contributed by atoms with Crippen LogP contribution in [0.3, 0.4) is 0 Å². The molecule has 2 fully saturated rings. The lowest BCUT2D eigenvalue weighted by Gasteiger charge is -2.36. The molecule has 0 unspecified atom stereocenters. The summed E-state index contributed by atoms with van der Waals surface area (Å²) in [7, 11) is 0. The highest BCUT2D eigenvalue weighted by Crippen LogP contribution is 2.36. The van der Waals surface area contributed by atoms with E-state index in [0.29, 0.717) is 5.02 Å². The van der Waals surface area contributed by atoms with Crippen LogP contribution in [0, 0.1) is 5.92 Å². The van der Waals surface area contributed by atoms with Crippen LogP contribution in [0.1, 0.15) is 38.2 Å². The molecule has 0 saturated carbocycles. The fourth-order valence-electron chi connectivity index (χ4n) is 5.18. The van der Waals surface area contributed by atoms with Gasteiger partial charge in [-0.15, -0.1) is 0 Å². The number of piperidine rings is 1. The molecule has 6 nitrogen and oxygen atoms in total. The molecule has 2 N–H and O–H groups in total. The highest BCUT2D eigenvalue weighted by molar-refractivity contribution is 6.38. The number of urea groups is 1. The number of amides is 2. The summed E-state index contributed by atoms with van der Waals surface area (Å²) >= 11 is 6.85. The van der Waals surface area contributed by atoms with Gasteiger partial charge in [-0.2, -0.15) is 0 Å². The standard InChI is InChI=1S/C26H32ClN5O/c1-2-19-16-29-25-23(19)24(27)22(17-30-25)20-5-3-6-21(15-20)32-13-4-12-31(26(32)33)14-9-18-7-10-28-11-8-18/h3,5-6,15-18,28H,2,4,7-14H2,1H3,(H,29,30). The van der Waals surface area contributed by atoms with Gasteiger partial charge in [0.2, 0.25) is 0 Å². The van der Waals surface area contributed by atoms with Crippen LogP contribution in [0.5, 0.6) is 0 Å². The van der Waals surface area contributed by atoms with E-state index in [-0.39, 0.29) is 6.03 Å². The van der Waals surface area contributed by atoms with E-state index in [1.54, 1.807) is 0 Å².